The SMILES string of the molecule is CCO[Si](CCCC(C)[Si](OCC)(OCC)OCC)(OCC)OCC. The summed E-state index contributed by atoms with van der Waals surface area (Å²) in [6.07, 6.45) is 1.88. The summed E-state index contributed by atoms with van der Waals surface area (Å²) < 4.78 is 35.8. The van der Waals surface area contributed by atoms with Gasteiger partial charge in [0.1, 0.15) is 0 Å². The van der Waals surface area contributed by atoms with Crippen LogP contribution in [0.1, 0.15) is 61.3 Å². The minimum atomic E-state index is -2.66. The van der Waals surface area contributed by atoms with Crippen molar-refractivity contribution in [2.24, 2.45) is 0 Å². The maximum atomic E-state index is 6.01. The fourth-order valence-corrected chi connectivity index (χ4v) is 8.47. The third kappa shape index (κ3) is 8.61. The zero-order chi connectivity index (χ0) is 19.2. The highest BCUT2D eigenvalue weighted by Crippen LogP contribution is 2.32. The Kier molecular flexibility index (Phi) is 14.4. The lowest BCUT2D eigenvalue weighted by molar-refractivity contribution is 0.0591. The number of rotatable bonds is 17. The minimum absolute atomic E-state index is 0.226. The van der Waals surface area contributed by atoms with E-state index in [1.165, 1.54) is 0 Å². The fourth-order valence-electron chi connectivity index (χ4n) is 2.96. The Labute approximate surface area is 157 Å². The minimum Gasteiger partial charge on any atom is -0.374 e. The molecule has 0 aromatic rings. The van der Waals surface area contributed by atoms with Crippen molar-refractivity contribution in [1.29, 1.82) is 0 Å². The average Bonchev–Trinajstić information content (AvgIpc) is 2.56. The van der Waals surface area contributed by atoms with E-state index < -0.39 is 17.6 Å². The zero-order valence-corrected chi connectivity index (χ0v) is 19.4. The van der Waals surface area contributed by atoms with E-state index >= 15 is 0 Å². The standard InChI is InChI=1S/C17H40O6Si2/c1-8-18-24(19-9-2,20-10-3)16-14-15-17(7)25(21-11-4,22-12-5)23-13-6/h17H,8-16H2,1-7H3. The van der Waals surface area contributed by atoms with Gasteiger partial charge in [-0.05, 0) is 54.4 Å². The average molecular weight is 397 g/mol. The van der Waals surface area contributed by atoms with Crippen LogP contribution in [0.15, 0.2) is 0 Å². The molecule has 8 heteroatoms. The molecule has 25 heavy (non-hydrogen) atoms. The van der Waals surface area contributed by atoms with Crippen LogP contribution in [0.5, 0.6) is 0 Å². The largest absolute Gasteiger partial charge is 0.503 e. The van der Waals surface area contributed by atoms with E-state index in [-0.39, 0.29) is 5.54 Å². The van der Waals surface area contributed by atoms with Gasteiger partial charge in [0, 0.05) is 51.2 Å². The molecule has 1 unspecified atom stereocenters. The Bertz CT molecular complexity index is 285. The van der Waals surface area contributed by atoms with Crippen molar-refractivity contribution < 1.29 is 26.6 Å². The molecule has 0 saturated carbocycles. The van der Waals surface area contributed by atoms with Gasteiger partial charge >= 0.3 is 17.6 Å². The van der Waals surface area contributed by atoms with Crippen LogP contribution in [0.25, 0.3) is 0 Å². The van der Waals surface area contributed by atoms with Crippen LogP contribution in [0.3, 0.4) is 0 Å². The second-order valence-electron chi connectivity index (χ2n) is 5.68. The van der Waals surface area contributed by atoms with Crippen molar-refractivity contribution in [2.75, 3.05) is 39.6 Å². The van der Waals surface area contributed by atoms with Crippen LogP contribution in [-0.4, -0.2) is 57.3 Å². The highest BCUT2D eigenvalue weighted by Gasteiger charge is 2.47. The Morgan fingerprint density at radius 3 is 1.28 bits per heavy atom. The van der Waals surface area contributed by atoms with Gasteiger partial charge in [0.15, 0.2) is 0 Å². The lowest BCUT2D eigenvalue weighted by Crippen LogP contribution is -2.50. The van der Waals surface area contributed by atoms with Gasteiger partial charge in [0.25, 0.3) is 0 Å². The Balaban J connectivity index is 4.90. The van der Waals surface area contributed by atoms with Gasteiger partial charge in [0.2, 0.25) is 0 Å². The predicted octanol–water partition coefficient (Wildman–Crippen LogP) is 4.25. The Morgan fingerprint density at radius 1 is 0.600 bits per heavy atom. The lowest BCUT2D eigenvalue weighted by atomic mass is 10.3. The third-order valence-corrected chi connectivity index (χ3v) is 10.6. The monoisotopic (exact) mass is 396 g/mol. The Hall–Kier alpha value is 0.194. The number of hydrogen-bond acceptors (Lipinski definition) is 6. The van der Waals surface area contributed by atoms with Crippen molar-refractivity contribution >= 4 is 17.6 Å². The molecule has 0 fully saturated rings. The molecule has 0 rings (SSSR count). The fraction of sp³-hybridized carbons (Fsp3) is 1.00. The third-order valence-electron chi connectivity index (χ3n) is 3.85. The van der Waals surface area contributed by atoms with Crippen LogP contribution in [0, 0.1) is 0 Å². The van der Waals surface area contributed by atoms with Gasteiger partial charge in [-0.3, -0.25) is 0 Å². The van der Waals surface area contributed by atoms with Crippen LogP contribution in [0.4, 0.5) is 0 Å². The van der Waals surface area contributed by atoms with E-state index in [1.54, 1.807) is 0 Å². The first-order valence-corrected chi connectivity index (χ1v) is 13.6. The summed E-state index contributed by atoms with van der Waals surface area (Å²) in [5.41, 5.74) is 0.226. The quantitative estimate of drug-likeness (QED) is 0.343. The first kappa shape index (κ1) is 25.2. The summed E-state index contributed by atoms with van der Waals surface area (Å²) in [4.78, 5) is 0. The smallest absolute Gasteiger partial charge is 0.374 e. The van der Waals surface area contributed by atoms with Gasteiger partial charge in [-0.25, -0.2) is 0 Å². The molecule has 152 valence electrons. The van der Waals surface area contributed by atoms with Crippen molar-refractivity contribution in [3.8, 4) is 0 Å². The van der Waals surface area contributed by atoms with Gasteiger partial charge in [-0.2, -0.15) is 0 Å². The molecule has 0 aromatic carbocycles. The molecule has 0 aliphatic carbocycles. The highest BCUT2D eigenvalue weighted by atomic mass is 28.4. The summed E-state index contributed by atoms with van der Waals surface area (Å²) in [7, 11) is -5.24. The summed E-state index contributed by atoms with van der Waals surface area (Å²) in [6.45, 7) is 17.7. The zero-order valence-electron chi connectivity index (χ0n) is 17.4. The summed E-state index contributed by atoms with van der Waals surface area (Å²) in [5.74, 6) is 0. The van der Waals surface area contributed by atoms with Crippen LogP contribution in [0.2, 0.25) is 11.6 Å². The van der Waals surface area contributed by atoms with Crippen LogP contribution >= 0.6 is 0 Å². The predicted molar refractivity (Wildman–Crippen MR) is 105 cm³/mol. The highest BCUT2D eigenvalue weighted by molar-refractivity contribution is 6.62. The van der Waals surface area contributed by atoms with Crippen molar-refractivity contribution in [1.82, 2.24) is 0 Å². The lowest BCUT2D eigenvalue weighted by Gasteiger charge is -2.34. The van der Waals surface area contributed by atoms with E-state index in [0.717, 1.165) is 18.9 Å². The van der Waals surface area contributed by atoms with Crippen LogP contribution < -0.4 is 0 Å². The van der Waals surface area contributed by atoms with E-state index in [0.29, 0.717) is 39.6 Å². The molecule has 0 N–H and O–H groups in total. The molecule has 0 radical (unpaired) electrons. The molecule has 6 nitrogen and oxygen atoms in total. The molecule has 0 aromatic heterocycles. The van der Waals surface area contributed by atoms with Crippen molar-refractivity contribution in [3.05, 3.63) is 0 Å². The molecular formula is C17H40O6Si2. The second kappa shape index (κ2) is 14.3. The molecule has 1 atom stereocenters. The van der Waals surface area contributed by atoms with Crippen LogP contribution in [-0.2, 0) is 26.6 Å². The normalized spacial score (nSPS) is 14.0. The van der Waals surface area contributed by atoms with E-state index in [9.17, 15) is 0 Å². The summed E-state index contributed by atoms with van der Waals surface area (Å²) in [5, 5.41) is 0. The number of hydrogen-bond donors (Lipinski definition) is 0. The van der Waals surface area contributed by atoms with Crippen molar-refractivity contribution in [2.45, 2.75) is 72.9 Å². The first-order chi connectivity index (χ1) is 12.0. The van der Waals surface area contributed by atoms with Gasteiger partial charge in [-0.1, -0.05) is 6.92 Å². The van der Waals surface area contributed by atoms with Gasteiger partial charge in [0.05, 0.1) is 0 Å². The summed E-state index contributed by atoms with van der Waals surface area (Å²) in [6, 6.07) is 0.807. The van der Waals surface area contributed by atoms with Crippen molar-refractivity contribution in [3.63, 3.8) is 0 Å². The van der Waals surface area contributed by atoms with Gasteiger partial charge in [-0.15, -0.1) is 0 Å². The molecule has 0 amide bonds. The maximum absolute atomic E-state index is 6.01. The summed E-state index contributed by atoms with van der Waals surface area (Å²) >= 11 is 0. The first-order valence-electron chi connectivity index (χ1n) is 9.83. The molecule has 0 saturated heterocycles. The molecule has 0 spiro atoms. The topological polar surface area (TPSA) is 55.4 Å². The Morgan fingerprint density at radius 2 is 0.960 bits per heavy atom. The molecule has 0 aliphatic heterocycles. The molecular weight excluding hydrogens is 356 g/mol. The second-order valence-corrected chi connectivity index (χ2v) is 11.5. The molecule has 0 bridgehead atoms. The van der Waals surface area contributed by atoms with E-state index in [2.05, 4.69) is 6.92 Å². The molecule has 0 heterocycles. The maximum Gasteiger partial charge on any atom is 0.503 e. The van der Waals surface area contributed by atoms with E-state index in [4.69, 9.17) is 26.6 Å². The van der Waals surface area contributed by atoms with E-state index in [1.807, 2.05) is 41.5 Å². The molecule has 0 aliphatic rings. The van der Waals surface area contributed by atoms with Gasteiger partial charge < -0.3 is 26.6 Å².